The molecule has 240 valence electrons. The van der Waals surface area contributed by atoms with Crippen molar-refractivity contribution < 1.29 is 37.0 Å². The van der Waals surface area contributed by atoms with Crippen molar-refractivity contribution in [2.24, 2.45) is 0 Å². The van der Waals surface area contributed by atoms with E-state index in [-0.39, 0.29) is 35.2 Å². The summed E-state index contributed by atoms with van der Waals surface area (Å²) in [6.07, 6.45) is -4.31. The lowest BCUT2D eigenvalue weighted by Gasteiger charge is -2.21. The zero-order chi connectivity index (χ0) is 33.3. The minimum Gasteiger partial charge on any atom is -0.507 e. The minimum atomic E-state index is -4.57. The third kappa shape index (κ3) is 5.99. The molecule has 4 aromatic carbocycles. The van der Waals surface area contributed by atoms with E-state index in [1.54, 1.807) is 42.5 Å². The second-order valence-corrected chi connectivity index (χ2v) is 10.8. The Hall–Kier alpha value is -5.71. The highest BCUT2D eigenvalue weighted by Gasteiger charge is 2.33. The maximum atomic E-state index is 13.6. The second kappa shape index (κ2) is 12.6. The number of rotatable bonds is 9. The number of aromatic nitrogens is 1. The van der Waals surface area contributed by atoms with Gasteiger partial charge in [-0.2, -0.15) is 13.2 Å². The van der Waals surface area contributed by atoms with E-state index in [0.29, 0.717) is 39.4 Å². The molecular weight excluding hydrogens is 613 g/mol. The van der Waals surface area contributed by atoms with Crippen molar-refractivity contribution in [2.75, 3.05) is 20.8 Å². The summed E-state index contributed by atoms with van der Waals surface area (Å²) in [6, 6.07) is 23.1. The highest BCUT2D eigenvalue weighted by molar-refractivity contribution is 5.97. The number of H-pyrrole nitrogens is 1. The first kappa shape index (κ1) is 31.3. The Bertz CT molecular complexity index is 2150. The summed E-state index contributed by atoms with van der Waals surface area (Å²) in [7, 11) is 2.96. The number of benzene rings is 4. The summed E-state index contributed by atoms with van der Waals surface area (Å²) in [5.41, 5.74) is 0.798. The first-order chi connectivity index (χ1) is 22.6. The summed E-state index contributed by atoms with van der Waals surface area (Å²) in [5, 5.41) is 15.5. The van der Waals surface area contributed by atoms with Gasteiger partial charge in [0.15, 0.2) is 0 Å². The third-order valence-electron chi connectivity index (χ3n) is 8.13. The number of hydrogen-bond acceptors (Lipinski definition) is 6. The van der Waals surface area contributed by atoms with Gasteiger partial charge in [-0.15, -0.1) is 0 Å². The van der Waals surface area contributed by atoms with Gasteiger partial charge in [-0.25, -0.2) is 4.79 Å². The molecule has 11 heteroatoms. The van der Waals surface area contributed by atoms with Crippen LogP contribution in [0.1, 0.15) is 44.2 Å². The van der Waals surface area contributed by atoms with Crippen LogP contribution < -0.4 is 20.4 Å². The van der Waals surface area contributed by atoms with Crippen LogP contribution >= 0.6 is 0 Å². The Morgan fingerprint density at radius 2 is 1.64 bits per heavy atom. The fourth-order valence-electron chi connectivity index (χ4n) is 5.86. The van der Waals surface area contributed by atoms with E-state index in [1.807, 2.05) is 24.3 Å². The predicted molar refractivity (Wildman–Crippen MR) is 170 cm³/mol. The molecule has 6 rings (SSSR count). The number of hydrogen-bond donors (Lipinski definition) is 3. The van der Waals surface area contributed by atoms with Crippen LogP contribution in [0.5, 0.6) is 17.2 Å². The van der Waals surface area contributed by atoms with Gasteiger partial charge in [0, 0.05) is 29.2 Å². The van der Waals surface area contributed by atoms with Gasteiger partial charge in [0.25, 0.3) is 5.91 Å². The normalized spacial score (nSPS) is 12.3. The van der Waals surface area contributed by atoms with E-state index in [0.717, 1.165) is 17.5 Å². The summed E-state index contributed by atoms with van der Waals surface area (Å²) in [5.74, 6) is -0.935. The molecule has 0 aliphatic heterocycles. The van der Waals surface area contributed by atoms with Gasteiger partial charge in [-0.1, -0.05) is 42.5 Å². The first-order valence-corrected chi connectivity index (χ1v) is 14.6. The third-order valence-corrected chi connectivity index (χ3v) is 8.13. The van der Waals surface area contributed by atoms with Crippen LogP contribution in [-0.2, 0) is 12.6 Å². The largest absolute Gasteiger partial charge is 0.507 e. The lowest BCUT2D eigenvalue weighted by molar-refractivity contribution is -0.137. The number of fused-ring (bicyclic) bond motifs is 2. The molecule has 0 aliphatic rings. The minimum absolute atomic E-state index is 0.136. The molecular formula is C36H29F3N2O6. The van der Waals surface area contributed by atoms with Crippen LogP contribution in [0.2, 0.25) is 0 Å². The van der Waals surface area contributed by atoms with Crippen LogP contribution in [0.3, 0.4) is 0 Å². The fourth-order valence-corrected chi connectivity index (χ4v) is 5.86. The van der Waals surface area contributed by atoms with E-state index in [2.05, 4.69) is 10.3 Å². The molecule has 2 aromatic heterocycles. The van der Waals surface area contributed by atoms with E-state index in [9.17, 15) is 27.9 Å². The molecule has 0 bridgehead atoms. The van der Waals surface area contributed by atoms with Gasteiger partial charge in [0.1, 0.15) is 22.8 Å². The van der Waals surface area contributed by atoms with Crippen LogP contribution in [-0.4, -0.2) is 36.8 Å². The van der Waals surface area contributed by atoms with Crippen LogP contribution in [0.4, 0.5) is 13.2 Å². The van der Waals surface area contributed by atoms with Crippen molar-refractivity contribution >= 4 is 27.8 Å². The van der Waals surface area contributed by atoms with Gasteiger partial charge < -0.3 is 29.3 Å². The van der Waals surface area contributed by atoms with E-state index >= 15 is 0 Å². The molecule has 0 saturated heterocycles. The molecule has 0 radical (unpaired) electrons. The lowest BCUT2D eigenvalue weighted by atomic mass is 9.85. The number of halogens is 3. The molecule has 3 N–H and O–H groups in total. The number of amides is 1. The Morgan fingerprint density at radius 1 is 0.936 bits per heavy atom. The molecule has 1 atom stereocenters. The lowest BCUT2D eigenvalue weighted by Crippen LogP contribution is -2.26. The van der Waals surface area contributed by atoms with Crippen LogP contribution in [0, 0.1) is 0 Å². The summed E-state index contributed by atoms with van der Waals surface area (Å²) in [4.78, 5) is 30.1. The highest BCUT2D eigenvalue weighted by atomic mass is 19.4. The Morgan fingerprint density at radius 3 is 2.34 bits per heavy atom. The second-order valence-electron chi connectivity index (χ2n) is 10.8. The summed E-state index contributed by atoms with van der Waals surface area (Å²) >= 11 is 0. The average molecular weight is 643 g/mol. The smallest absolute Gasteiger partial charge is 0.416 e. The molecule has 6 aromatic rings. The molecule has 1 unspecified atom stereocenters. The summed E-state index contributed by atoms with van der Waals surface area (Å²) < 4.78 is 56.8. The van der Waals surface area contributed by atoms with Gasteiger partial charge >= 0.3 is 11.8 Å². The number of aromatic amines is 1. The van der Waals surface area contributed by atoms with E-state index < -0.39 is 29.2 Å². The molecule has 2 heterocycles. The standard InChI is InChI=1S/C36H29F3N2O6/c1-45-22-15-16-26(29(19-22)46-2)34(43)40-18-17-24-23-7-3-5-9-27(23)41-32(24)30(20-11-13-21(14-12-20)36(37,38)39)31-33(42)25-8-4-6-10-28(25)47-35(31)44/h3-16,19,30,41-42H,17-18H2,1-2H3,(H,40,43). The van der Waals surface area contributed by atoms with Crippen molar-refractivity contribution in [2.45, 2.75) is 18.5 Å². The number of nitrogens with one attached hydrogen (secondary N) is 2. The topological polar surface area (TPSA) is 114 Å². The Kier molecular flexibility index (Phi) is 8.38. The van der Waals surface area contributed by atoms with Crippen LogP contribution in [0.15, 0.2) is 100 Å². The quantitative estimate of drug-likeness (QED) is 0.144. The summed E-state index contributed by atoms with van der Waals surface area (Å²) in [6.45, 7) is 0.154. The van der Waals surface area contributed by atoms with Crippen molar-refractivity contribution in [1.29, 1.82) is 0 Å². The first-order valence-electron chi connectivity index (χ1n) is 14.6. The van der Waals surface area contributed by atoms with Crippen molar-refractivity contribution in [3.63, 3.8) is 0 Å². The van der Waals surface area contributed by atoms with Crippen LogP contribution in [0.25, 0.3) is 21.9 Å². The van der Waals surface area contributed by atoms with E-state index in [1.165, 1.54) is 26.4 Å². The number of ether oxygens (including phenoxy) is 2. The molecule has 0 aliphatic carbocycles. The predicted octanol–water partition coefficient (Wildman–Crippen LogP) is 7.17. The number of methoxy groups -OCH3 is 2. The molecule has 1 amide bonds. The molecule has 0 fully saturated rings. The van der Waals surface area contributed by atoms with Gasteiger partial charge in [0.05, 0.1) is 42.2 Å². The highest BCUT2D eigenvalue weighted by Crippen LogP contribution is 2.42. The number of para-hydroxylation sites is 2. The maximum Gasteiger partial charge on any atom is 0.416 e. The number of carbonyl (C=O) groups is 1. The average Bonchev–Trinajstić information content (AvgIpc) is 3.43. The zero-order valence-corrected chi connectivity index (χ0v) is 25.3. The van der Waals surface area contributed by atoms with Crippen molar-refractivity contribution in [1.82, 2.24) is 10.3 Å². The number of aromatic hydroxyl groups is 1. The Labute approximate surface area is 266 Å². The SMILES string of the molecule is COc1ccc(C(=O)NCCc2c(C(c3ccc(C(F)(F)F)cc3)c3c(O)c4ccccc4oc3=O)[nH]c3ccccc23)c(OC)c1. The molecule has 0 spiro atoms. The Balaban J connectivity index is 1.46. The zero-order valence-electron chi connectivity index (χ0n) is 25.3. The number of carbonyl (C=O) groups excluding carboxylic acids is 1. The van der Waals surface area contributed by atoms with Crippen molar-refractivity contribution in [3.05, 3.63) is 135 Å². The van der Waals surface area contributed by atoms with Gasteiger partial charge in [-0.3, -0.25) is 4.79 Å². The number of alkyl halides is 3. The van der Waals surface area contributed by atoms with Crippen molar-refractivity contribution in [3.8, 4) is 17.2 Å². The van der Waals surface area contributed by atoms with Gasteiger partial charge in [0.2, 0.25) is 0 Å². The van der Waals surface area contributed by atoms with Gasteiger partial charge in [-0.05, 0) is 60.0 Å². The molecule has 0 saturated carbocycles. The monoisotopic (exact) mass is 642 g/mol. The molecule has 8 nitrogen and oxygen atoms in total. The van der Waals surface area contributed by atoms with E-state index in [4.69, 9.17) is 13.9 Å². The maximum absolute atomic E-state index is 13.6. The molecule has 47 heavy (non-hydrogen) atoms. The fraction of sp³-hybridized carbons (Fsp3) is 0.167.